The topological polar surface area (TPSA) is 24.1 Å². The van der Waals surface area contributed by atoms with E-state index in [2.05, 4.69) is 56.5 Å². The van der Waals surface area contributed by atoms with Gasteiger partial charge in [-0.05, 0) is 75.1 Å². The smallest absolute Gasteiger partial charge is 0.0436 e. The molecule has 0 amide bonds. The zero-order chi connectivity index (χ0) is 19.9. The van der Waals surface area contributed by atoms with E-state index in [-0.39, 0.29) is 0 Å². The standard InChI is InChI=1S/C26H42N2/c1-19(2)15-21-17-22(16-20(3)4)26(28-24-13-9-6-10-14-24)18-25(21)27-23-11-7-5-8-12-23/h15,17-18,20,23-24,27-28H,5-14,16H2,1-4H3. The predicted molar refractivity (Wildman–Crippen MR) is 125 cm³/mol. The van der Waals surface area contributed by atoms with Crippen LogP contribution in [0.5, 0.6) is 0 Å². The van der Waals surface area contributed by atoms with E-state index in [9.17, 15) is 0 Å². The summed E-state index contributed by atoms with van der Waals surface area (Å²) in [5.41, 5.74) is 6.94. The van der Waals surface area contributed by atoms with Crippen molar-refractivity contribution in [3.63, 3.8) is 0 Å². The van der Waals surface area contributed by atoms with Crippen LogP contribution >= 0.6 is 0 Å². The molecule has 1 aromatic carbocycles. The van der Waals surface area contributed by atoms with E-state index >= 15 is 0 Å². The van der Waals surface area contributed by atoms with Crippen molar-refractivity contribution in [3.05, 3.63) is 28.8 Å². The molecule has 156 valence electrons. The number of allylic oxidation sites excluding steroid dienone is 1. The molecule has 2 heteroatoms. The fourth-order valence-electron chi connectivity index (χ4n) is 4.90. The Morgan fingerprint density at radius 1 is 0.857 bits per heavy atom. The van der Waals surface area contributed by atoms with Crippen LogP contribution in [0.4, 0.5) is 11.4 Å². The van der Waals surface area contributed by atoms with Gasteiger partial charge < -0.3 is 10.6 Å². The lowest BCUT2D eigenvalue weighted by Gasteiger charge is -2.29. The Hall–Kier alpha value is -1.44. The number of rotatable bonds is 7. The van der Waals surface area contributed by atoms with Crippen LogP contribution in [0.15, 0.2) is 17.7 Å². The molecule has 2 saturated carbocycles. The summed E-state index contributed by atoms with van der Waals surface area (Å²) in [5.74, 6) is 0.670. The summed E-state index contributed by atoms with van der Waals surface area (Å²) >= 11 is 0. The molecule has 2 nitrogen and oxygen atoms in total. The van der Waals surface area contributed by atoms with E-state index in [1.54, 1.807) is 0 Å². The van der Waals surface area contributed by atoms with Crippen molar-refractivity contribution in [2.75, 3.05) is 10.6 Å². The Morgan fingerprint density at radius 3 is 1.89 bits per heavy atom. The summed E-state index contributed by atoms with van der Waals surface area (Å²) in [7, 11) is 0. The first-order chi connectivity index (χ1) is 13.5. The van der Waals surface area contributed by atoms with Crippen LogP contribution in [0, 0.1) is 5.92 Å². The number of nitrogens with one attached hydrogen (secondary N) is 2. The van der Waals surface area contributed by atoms with Gasteiger partial charge in [-0.3, -0.25) is 0 Å². The molecule has 2 N–H and O–H groups in total. The fourth-order valence-corrected chi connectivity index (χ4v) is 4.90. The van der Waals surface area contributed by atoms with Crippen LogP contribution in [0.25, 0.3) is 6.08 Å². The lowest BCUT2D eigenvalue weighted by Crippen LogP contribution is -2.25. The van der Waals surface area contributed by atoms with Crippen molar-refractivity contribution < 1.29 is 0 Å². The van der Waals surface area contributed by atoms with Gasteiger partial charge in [-0.1, -0.05) is 64.0 Å². The molecular formula is C26H42N2. The van der Waals surface area contributed by atoms with Gasteiger partial charge in [0.05, 0.1) is 0 Å². The zero-order valence-electron chi connectivity index (χ0n) is 18.7. The third-order valence-corrected chi connectivity index (χ3v) is 6.28. The van der Waals surface area contributed by atoms with Gasteiger partial charge in [0.15, 0.2) is 0 Å². The summed E-state index contributed by atoms with van der Waals surface area (Å²) in [6.07, 6.45) is 17.1. The normalized spacial score (nSPS) is 18.9. The highest BCUT2D eigenvalue weighted by Gasteiger charge is 2.19. The first kappa shape index (κ1) is 21.3. The lowest BCUT2D eigenvalue weighted by atomic mass is 9.92. The Labute approximate surface area is 173 Å². The highest BCUT2D eigenvalue weighted by molar-refractivity contribution is 5.75. The molecule has 0 spiro atoms. The molecule has 28 heavy (non-hydrogen) atoms. The molecule has 2 aliphatic carbocycles. The Bertz CT molecular complexity index is 643. The average Bonchev–Trinajstić information content (AvgIpc) is 2.66. The fraction of sp³-hybridized carbons (Fsp3) is 0.692. The maximum absolute atomic E-state index is 3.95. The van der Waals surface area contributed by atoms with E-state index in [0.29, 0.717) is 18.0 Å². The highest BCUT2D eigenvalue weighted by Crippen LogP contribution is 2.33. The van der Waals surface area contributed by atoms with Crippen LogP contribution in [-0.4, -0.2) is 12.1 Å². The van der Waals surface area contributed by atoms with Crippen molar-refractivity contribution in [1.82, 2.24) is 0 Å². The van der Waals surface area contributed by atoms with Crippen molar-refractivity contribution >= 4 is 17.5 Å². The number of anilines is 2. The third-order valence-electron chi connectivity index (χ3n) is 6.28. The molecule has 2 fully saturated rings. The minimum Gasteiger partial charge on any atom is -0.382 e. The molecule has 0 aliphatic heterocycles. The Balaban J connectivity index is 1.91. The van der Waals surface area contributed by atoms with Gasteiger partial charge in [0, 0.05) is 23.5 Å². The van der Waals surface area contributed by atoms with Crippen LogP contribution < -0.4 is 10.6 Å². The van der Waals surface area contributed by atoms with E-state index in [1.807, 2.05) is 0 Å². The van der Waals surface area contributed by atoms with Crippen molar-refractivity contribution in [1.29, 1.82) is 0 Å². The number of hydrogen-bond acceptors (Lipinski definition) is 2. The van der Waals surface area contributed by atoms with E-state index < -0.39 is 0 Å². The first-order valence-electron chi connectivity index (χ1n) is 11.9. The maximum atomic E-state index is 3.95. The molecule has 0 saturated heterocycles. The average molecular weight is 383 g/mol. The van der Waals surface area contributed by atoms with Crippen LogP contribution in [0.1, 0.15) is 103 Å². The third kappa shape index (κ3) is 6.29. The quantitative estimate of drug-likeness (QED) is 0.502. The largest absolute Gasteiger partial charge is 0.382 e. The van der Waals surface area contributed by atoms with Gasteiger partial charge in [-0.15, -0.1) is 0 Å². The van der Waals surface area contributed by atoms with Gasteiger partial charge in [-0.25, -0.2) is 0 Å². The Kier molecular flexibility index (Phi) is 7.88. The molecular weight excluding hydrogens is 340 g/mol. The number of benzene rings is 1. The highest BCUT2D eigenvalue weighted by atomic mass is 15.0. The lowest BCUT2D eigenvalue weighted by molar-refractivity contribution is 0.461. The van der Waals surface area contributed by atoms with Gasteiger partial charge in [-0.2, -0.15) is 0 Å². The maximum Gasteiger partial charge on any atom is 0.0436 e. The first-order valence-corrected chi connectivity index (χ1v) is 11.9. The minimum absolute atomic E-state index is 0.636. The predicted octanol–water partition coefficient (Wildman–Crippen LogP) is 7.80. The molecule has 0 atom stereocenters. The van der Waals surface area contributed by atoms with Crippen LogP contribution in [0.3, 0.4) is 0 Å². The zero-order valence-corrected chi connectivity index (χ0v) is 18.7. The molecule has 0 radical (unpaired) electrons. The van der Waals surface area contributed by atoms with E-state index in [4.69, 9.17) is 0 Å². The number of hydrogen-bond donors (Lipinski definition) is 2. The van der Waals surface area contributed by atoms with Gasteiger partial charge in [0.1, 0.15) is 0 Å². The minimum atomic E-state index is 0.636. The monoisotopic (exact) mass is 382 g/mol. The second-order valence-corrected chi connectivity index (χ2v) is 9.87. The van der Waals surface area contributed by atoms with E-state index in [0.717, 1.165) is 6.42 Å². The summed E-state index contributed by atoms with van der Waals surface area (Å²) in [4.78, 5) is 0. The summed E-state index contributed by atoms with van der Waals surface area (Å²) in [5, 5.41) is 7.88. The molecule has 0 unspecified atom stereocenters. The van der Waals surface area contributed by atoms with Crippen molar-refractivity contribution in [2.45, 2.75) is 110 Å². The van der Waals surface area contributed by atoms with E-state index in [1.165, 1.54) is 92.3 Å². The Morgan fingerprint density at radius 2 is 1.39 bits per heavy atom. The summed E-state index contributed by atoms with van der Waals surface area (Å²) < 4.78 is 0. The second-order valence-electron chi connectivity index (χ2n) is 9.87. The second kappa shape index (κ2) is 10.4. The van der Waals surface area contributed by atoms with Crippen molar-refractivity contribution in [3.8, 4) is 0 Å². The summed E-state index contributed by atoms with van der Waals surface area (Å²) in [6.45, 7) is 9.08. The van der Waals surface area contributed by atoms with Crippen molar-refractivity contribution in [2.24, 2.45) is 5.92 Å². The van der Waals surface area contributed by atoms with Gasteiger partial charge in [0.25, 0.3) is 0 Å². The van der Waals surface area contributed by atoms with Gasteiger partial charge >= 0.3 is 0 Å². The molecule has 0 aromatic heterocycles. The molecule has 0 bridgehead atoms. The van der Waals surface area contributed by atoms with Crippen LogP contribution in [-0.2, 0) is 6.42 Å². The molecule has 0 heterocycles. The molecule has 1 aromatic rings. The van der Waals surface area contributed by atoms with Gasteiger partial charge in [0.2, 0.25) is 0 Å². The van der Waals surface area contributed by atoms with Crippen LogP contribution in [0.2, 0.25) is 0 Å². The summed E-state index contributed by atoms with van der Waals surface area (Å²) in [6, 6.07) is 6.19. The SMILES string of the molecule is CC(C)=Cc1cc(CC(C)C)c(NC2CCCCC2)cc1NC1CCCCC1. The molecule has 3 rings (SSSR count). The molecule has 2 aliphatic rings.